The summed E-state index contributed by atoms with van der Waals surface area (Å²) in [5.74, 6) is 0. The fourth-order valence-corrected chi connectivity index (χ4v) is 2.90. The zero-order valence-corrected chi connectivity index (χ0v) is 14.5. The van der Waals surface area contributed by atoms with Crippen molar-refractivity contribution in [1.29, 1.82) is 0 Å². The summed E-state index contributed by atoms with van der Waals surface area (Å²) in [6, 6.07) is 9.48. The molecule has 0 aliphatic carbocycles. The molecule has 1 nitrogen and oxygen atoms in total. The van der Waals surface area contributed by atoms with E-state index in [1.54, 1.807) is 0 Å². The van der Waals surface area contributed by atoms with Gasteiger partial charge in [0.25, 0.3) is 0 Å². The van der Waals surface area contributed by atoms with Crippen LogP contribution in [0.15, 0.2) is 24.3 Å². The second-order valence-corrected chi connectivity index (χ2v) is 6.34. The Bertz CT molecular complexity index is 359. The zero-order valence-electron chi connectivity index (χ0n) is 14.5. The van der Waals surface area contributed by atoms with Crippen molar-refractivity contribution in [3.8, 4) is 0 Å². The van der Waals surface area contributed by atoms with Crippen LogP contribution in [0.3, 0.4) is 0 Å². The van der Waals surface area contributed by atoms with Crippen molar-refractivity contribution in [2.24, 2.45) is 0 Å². The molecular weight excluding hydrogens is 254 g/mol. The predicted molar refractivity (Wildman–Crippen MR) is 95.0 cm³/mol. The summed E-state index contributed by atoms with van der Waals surface area (Å²) in [6.07, 6.45) is 12.1. The van der Waals surface area contributed by atoms with E-state index in [9.17, 15) is 0 Å². The predicted octanol–water partition coefficient (Wildman–Crippen LogP) is 5.66. The Hall–Kier alpha value is -0.820. The van der Waals surface area contributed by atoms with E-state index in [4.69, 9.17) is 0 Å². The van der Waals surface area contributed by atoms with Crippen molar-refractivity contribution >= 4 is 0 Å². The second kappa shape index (κ2) is 11.8. The molecule has 0 bridgehead atoms. The fourth-order valence-electron chi connectivity index (χ4n) is 2.90. The van der Waals surface area contributed by atoms with Crippen molar-refractivity contribution in [2.45, 2.75) is 84.6 Å². The van der Waals surface area contributed by atoms with Crippen LogP contribution in [0.4, 0.5) is 0 Å². The summed E-state index contributed by atoms with van der Waals surface area (Å²) in [5, 5.41) is 3.75. The molecule has 1 N–H and O–H groups in total. The first kappa shape index (κ1) is 18.2. The third kappa shape index (κ3) is 8.26. The van der Waals surface area contributed by atoms with Gasteiger partial charge in [0.2, 0.25) is 0 Å². The quantitative estimate of drug-likeness (QED) is 0.490. The van der Waals surface area contributed by atoms with E-state index in [0.717, 1.165) is 6.54 Å². The molecule has 0 aliphatic heterocycles. The number of nitrogens with one attached hydrogen (secondary N) is 1. The van der Waals surface area contributed by atoms with E-state index in [2.05, 4.69) is 50.4 Å². The van der Waals surface area contributed by atoms with Gasteiger partial charge in [0.1, 0.15) is 0 Å². The van der Waals surface area contributed by atoms with Crippen LogP contribution in [-0.2, 0) is 6.42 Å². The summed E-state index contributed by atoms with van der Waals surface area (Å²) < 4.78 is 0. The van der Waals surface area contributed by atoms with Crippen LogP contribution >= 0.6 is 0 Å². The van der Waals surface area contributed by atoms with Gasteiger partial charge in [-0.2, -0.15) is 0 Å². The molecule has 1 unspecified atom stereocenters. The van der Waals surface area contributed by atoms with Crippen LogP contribution in [0, 0.1) is 6.92 Å². The number of unbranched alkanes of at least 4 members (excludes halogenated alkanes) is 5. The molecule has 0 heterocycles. The SMILES string of the molecule is CCCCCCCCC(Cc1ccccc1C)NCCC. The standard InChI is InChI=1S/C20H35N/c1-4-6-7-8-9-10-15-20(21-16-5-2)17-19-14-12-11-13-18(19)3/h11-14,20-21H,4-10,15-17H2,1-3H3. The zero-order chi connectivity index (χ0) is 15.3. The molecule has 1 aromatic rings. The molecule has 0 aliphatic rings. The summed E-state index contributed by atoms with van der Waals surface area (Å²) >= 11 is 0. The summed E-state index contributed by atoms with van der Waals surface area (Å²) in [7, 11) is 0. The van der Waals surface area contributed by atoms with Crippen molar-refractivity contribution < 1.29 is 0 Å². The molecule has 120 valence electrons. The van der Waals surface area contributed by atoms with Crippen LogP contribution in [0.5, 0.6) is 0 Å². The number of aryl methyl sites for hydroxylation is 1. The van der Waals surface area contributed by atoms with Crippen molar-refractivity contribution in [3.05, 3.63) is 35.4 Å². The molecule has 0 saturated heterocycles. The van der Waals surface area contributed by atoms with Gasteiger partial charge in [0.15, 0.2) is 0 Å². The Balaban J connectivity index is 2.35. The highest BCUT2D eigenvalue weighted by Crippen LogP contribution is 2.14. The fraction of sp³-hybridized carbons (Fsp3) is 0.700. The van der Waals surface area contributed by atoms with Gasteiger partial charge >= 0.3 is 0 Å². The van der Waals surface area contributed by atoms with E-state index in [0.29, 0.717) is 6.04 Å². The Kier molecular flexibility index (Phi) is 10.2. The van der Waals surface area contributed by atoms with Crippen LogP contribution in [0.2, 0.25) is 0 Å². The minimum absolute atomic E-state index is 0.650. The summed E-state index contributed by atoms with van der Waals surface area (Å²) in [6.45, 7) is 7.92. The van der Waals surface area contributed by atoms with Gasteiger partial charge in [-0.25, -0.2) is 0 Å². The molecule has 1 rings (SSSR count). The molecule has 0 spiro atoms. The van der Waals surface area contributed by atoms with Gasteiger partial charge in [0, 0.05) is 6.04 Å². The molecule has 0 saturated carbocycles. The molecule has 0 aromatic heterocycles. The van der Waals surface area contributed by atoms with Gasteiger partial charge in [0.05, 0.1) is 0 Å². The van der Waals surface area contributed by atoms with Crippen LogP contribution in [0.1, 0.15) is 76.3 Å². The largest absolute Gasteiger partial charge is 0.314 e. The highest BCUT2D eigenvalue weighted by atomic mass is 14.9. The average molecular weight is 290 g/mol. The number of hydrogen-bond acceptors (Lipinski definition) is 1. The summed E-state index contributed by atoms with van der Waals surface area (Å²) in [4.78, 5) is 0. The van der Waals surface area contributed by atoms with Crippen molar-refractivity contribution in [3.63, 3.8) is 0 Å². The molecular formula is C20H35N. The first-order valence-electron chi connectivity index (χ1n) is 9.05. The van der Waals surface area contributed by atoms with E-state index in [-0.39, 0.29) is 0 Å². The third-order valence-electron chi connectivity index (χ3n) is 4.32. The highest BCUT2D eigenvalue weighted by Gasteiger charge is 2.09. The molecule has 1 aromatic carbocycles. The molecule has 0 fully saturated rings. The molecule has 21 heavy (non-hydrogen) atoms. The highest BCUT2D eigenvalue weighted by molar-refractivity contribution is 5.26. The van der Waals surface area contributed by atoms with Crippen molar-refractivity contribution in [1.82, 2.24) is 5.32 Å². The third-order valence-corrected chi connectivity index (χ3v) is 4.32. The smallest absolute Gasteiger partial charge is 0.0108 e. The monoisotopic (exact) mass is 289 g/mol. The van der Waals surface area contributed by atoms with Crippen LogP contribution < -0.4 is 5.32 Å². The average Bonchev–Trinajstić information content (AvgIpc) is 2.50. The lowest BCUT2D eigenvalue weighted by Gasteiger charge is -2.19. The molecule has 0 radical (unpaired) electrons. The topological polar surface area (TPSA) is 12.0 Å². The van der Waals surface area contributed by atoms with Gasteiger partial charge in [-0.1, -0.05) is 76.6 Å². The lowest BCUT2D eigenvalue weighted by atomic mass is 9.97. The normalized spacial score (nSPS) is 12.5. The lowest BCUT2D eigenvalue weighted by molar-refractivity contribution is 0.449. The Morgan fingerprint density at radius 3 is 2.33 bits per heavy atom. The minimum atomic E-state index is 0.650. The Morgan fingerprint density at radius 2 is 1.62 bits per heavy atom. The number of hydrogen-bond donors (Lipinski definition) is 1. The van der Waals surface area contributed by atoms with Gasteiger partial charge < -0.3 is 5.32 Å². The maximum absolute atomic E-state index is 3.75. The molecule has 1 heteroatoms. The second-order valence-electron chi connectivity index (χ2n) is 6.34. The Labute approximate surface area is 132 Å². The Morgan fingerprint density at radius 1 is 0.905 bits per heavy atom. The van der Waals surface area contributed by atoms with E-state index in [1.807, 2.05) is 0 Å². The van der Waals surface area contributed by atoms with Gasteiger partial charge in [-0.3, -0.25) is 0 Å². The van der Waals surface area contributed by atoms with Crippen molar-refractivity contribution in [2.75, 3.05) is 6.54 Å². The van der Waals surface area contributed by atoms with E-state index in [1.165, 1.54) is 68.9 Å². The maximum Gasteiger partial charge on any atom is 0.0108 e. The first-order chi connectivity index (χ1) is 10.3. The van der Waals surface area contributed by atoms with Gasteiger partial charge in [-0.15, -0.1) is 0 Å². The minimum Gasteiger partial charge on any atom is -0.314 e. The van der Waals surface area contributed by atoms with E-state index >= 15 is 0 Å². The van der Waals surface area contributed by atoms with E-state index < -0.39 is 0 Å². The first-order valence-corrected chi connectivity index (χ1v) is 9.05. The number of rotatable bonds is 12. The maximum atomic E-state index is 3.75. The van der Waals surface area contributed by atoms with Crippen LogP contribution in [0.25, 0.3) is 0 Å². The lowest BCUT2D eigenvalue weighted by Crippen LogP contribution is -2.32. The van der Waals surface area contributed by atoms with Gasteiger partial charge in [-0.05, 0) is 43.9 Å². The number of benzene rings is 1. The van der Waals surface area contributed by atoms with Crippen LogP contribution in [-0.4, -0.2) is 12.6 Å². The molecule has 0 amide bonds. The summed E-state index contributed by atoms with van der Waals surface area (Å²) in [5.41, 5.74) is 2.95. The molecule has 1 atom stereocenters.